The van der Waals surface area contributed by atoms with Crippen LogP contribution in [0.2, 0.25) is 0 Å². The lowest BCUT2D eigenvalue weighted by Crippen LogP contribution is -2.35. The van der Waals surface area contributed by atoms with Gasteiger partial charge in [0, 0.05) is 35.0 Å². The molecule has 13 heteroatoms. The number of piperidine rings is 1. The maximum absolute atomic E-state index is 13.9. The summed E-state index contributed by atoms with van der Waals surface area (Å²) in [5.41, 5.74) is -1.04. The van der Waals surface area contributed by atoms with Crippen LogP contribution in [-0.4, -0.2) is 58.5 Å². The summed E-state index contributed by atoms with van der Waals surface area (Å²) in [4.78, 5) is 23.4. The molecular weight excluding hydrogens is 527 g/mol. The molecule has 198 valence electrons. The molecule has 3 heterocycles. The Morgan fingerprint density at radius 1 is 1.24 bits per heavy atom. The van der Waals surface area contributed by atoms with Gasteiger partial charge in [-0.25, -0.2) is 9.98 Å². The minimum atomic E-state index is -4.61. The van der Waals surface area contributed by atoms with E-state index >= 15 is 0 Å². The van der Waals surface area contributed by atoms with Gasteiger partial charge in [-0.1, -0.05) is 23.1 Å². The Morgan fingerprint density at radius 3 is 2.70 bits per heavy atom. The van der Waals surface area contributed by atoms with E-state index in [0.717, 1.165) is 56.6 Å². The Kier molecular flexibility index (Phi) is 7.48. The van der Waals surface area contributed by atoms with Crippen LogP contribution in [0.15, 0.2) is 34.3 Å². The maximum atomic E-state index is 13.9. The van der Waals surface area contributed by atoms with E-state index in [4.69, 9.17) is 4.74 Å². The molecule has 0 radical (unpaired) electrons. The number of ether oxygens (including phenoxy) is 1. The van der Waals surface area contributed by atoms with Gasteiger partial charge >= 0.3 is 6.18 Å². The van der Waals surface area contributed by atoms with E-state index in [0.29, 0.717) is 14.9 Å². The third kappa shape index (κ3) is 6.64. The lowest BCUT2D eigenvalue weighted by atomic mass is 10.1. The van der Waals surface area contributed by atoms with Crippen LogP contribution in [0.1, 0.15) is 36.1 Å². The second-order valence-electron chi connectivity index (χ2n) is 9.24. The van der Waals surface area contributed by atoms with Crippen LogP contribution in [0, 0.1) is 5.92 Å². The number of thiazole rings is 1. The number of anilines is 2. The predicted octanol–water partition coefficient (Wildman–Crippen LogP) is 4.86. The molecule has 8 nitrogen and oxygen atoms in total. The van der Waals surface area contributed by atoms with Crippen molar-refractivity contribution in [1.82, 2.24) is 9.88 Å². The average molecular weight is 554 g/mol. The number of likely N-dealkylation sites (tertiary alicyclic amines) is 1. The molecule has 1 atom stereocenters. The summed E-state index contributed by atoms with van der Waals surface area (Å²) >= 11 is 2.28. The molecule has 2 fully saturated rings. The molecule has 1 aromatic heterocycles. The van der Waals surface area contributed by atoms with Gasteiger partial charge < -0.3 is 25.4 Å². The Labute approximate surface area is 220 Å². The highest BCUT2D eigenvalue weighted by atomic mass is 32.2. The van der Waals surface area contributed by atoms with Crippen molar-refractivity contribution < 1.29 is 27.8 Å². The number of hydrogen-bond donors (Lipinski definition) is 3. The molecule has 2 aromatic rings. The summed E-state index contributed by atoms with van der Waals surface area (Å²) < 4.78 is 47.5. The molecule has 0 spiro atoms. The van der Waals surface area contributed by atoms with Crippen LogP contribution in [0.3, 0.4) is 0 Å². The van der Waals surface area contributed by atoms with Crippen LogP contribution >= 0.6 is 23.1 Å². The molecule has 1 saturated heterocycles. The van der Waals surface area contributed by atoms with E-state index in [9.17, 15) is 23.1 Å². The van der Waals surface area contributed by atoms with Crippen LogP contribution in [0.25, 0.3) is 6.08 Å². The third-order valence-electron chi connectivity index (χ3n) is 6.20. The molecule has 0 bridgehead atoms. The number of aromatic nitrogens is 1. The van der Waals surface area contributed by atoms with E-state index in [-0.39, 0.29) is 34.5 Å². The largest absolute Gasteiger partial charge is 0.490 e. The standard InChI is InChI=1S/C24H26F3N5O3S2/c1-32-8-6-14(7-9-32)35-15-4-5-18(17(10-15)24(25,26)27)29-23-31-21(34)19(37-23)11-16-12-28-22(36-16)30-20(33)13-2-3-13/h4-5,10-14,21,34H,2-3,6-9H2,1H3,(H,29,31)(H,28,30,33)/b19-11-. The van der Waals surface area contributed by atoms with Crippen LogP contribution in [0.4, 0.5) is 24.0 Å². The number of carbonyl (C=O) groups is 1. The molecule has 5 rings (SSSR count). The number of benzene rings is 1. The first kappa shape index (κ1) is 26.0. The number of carbonyl (C=O) groups excluding carboxylic acids is 1. The van der Waals surface area contributed by atoms with Gasteiger partial charge in [-0.3, -0.25) is 4.79 Å². The molecule has 1 unspecified atom stereocenters. The minimum absolute atomic E-state index is 0.0523. The van der Waals surface area contributed by atoms with Gasteiger partial charge in [0.2, 0.25) is 5.91 Å². The van der Waals surface area contributed by atoms with E-state index in [1.165, 1.54) is 23.5 Å². The summed E-state index contributed by atoms with van der Waals surface area (Å²) in [5, 5.41) is 16.4. The van der Waals surface area contributed by atoms with Gasteiger partial charge in [-0.2, -0.15) is 13.2 Å². The first-order valence-corrected chi connectivity index (χ1v) is 13.5. The number of aliphatic hydroxyl groups is 1. The Morgan fingerprint density at radius 2 is 2.00 bits per heavy atom. The molecule has 1 aromatic carbocycles. The average Bonchev–Trinajstić information content (AvgIpc) is 3.52. The smallest absolute Gasteiger partial charge is 0.418 e. The zero-order valence-electron chi connectivity index (χ0n) is 19.9. The topological polar surface area (TPSA) is 99.1 Å². The predicted molar refractivity (Wildman–Crippen MR) is 139 cm³/mol. The molecule has 1 aliphatic carbocycles. The van der Waals surface area contributed by atoms with Gasteiger partial charge in [-0.15, -0.1) is 0 Å². The van der Waals surface area contributed by atoms with Gasteiger partial charge in [0.05, 0.1) is 11.3 Å². The van der Waals surface area contributed by atoms with Crippen molar-refractivity contribution in [2.75, 3.05) is 30.8 Å². The molecule has 1 amide bonds. The molecule has 37 heavy (non-hydrogen) atoms. The number of amidine groups is 1. The zero-order valence-corrected chi connectivity index (χ0v) is 21.6. The summed E-state index contributed by atoms with van der Waals surface area (Å²) in [6, 6.07) is 3.84. The monoisotopic (exact) mass is 553 g/mol. The summed E-state index contributed by atoms with van der Waals surface area (Å²) in [5.74, 6) is 0.169. The van der Waals surface area contributed by atoms with Crippen molar-refractivity contribution in [2.24, 2.45) is 10.9 Å². The van der Waals surface area contributed by atoms with Crippen molar-refractivity contribution in [2.45, 2.75) is 44.2 Å². The van der Waals surface area contributed by atoms with Crippen molar-refractivity contribution in [1.29, 1.82) is 0 Å². The van der Waals surface area contributed by atoms with Crippen molar-refractivity contribution in [3.05, 3.63) is 39.7 Å². The second kappa shape index (κ2) is 10.6. The van der Waals surface area contributed by atoms with E-state index in [2.05, 4.69) is 25.5 Å². The number of alkyl halides is 3. The van der Waals surface area contributed by atoms with E-state index < -0.39 is 18.0 Å². The van der Waals surface area contributed by atoms with Gasteiger partial charge in [-0.05, 0) is 57.0 Å². The fourth-order valence-electron chi connectivity index (χ4n) is 3.98. The first-order valence-electron chi connectivity index (χ1n) is 11.9. The normalized spacial score (nSPS) is 22.2. The van der Waals surface area contributed by atoms with Gasteiger partial charge in [0.15, 0.2) is 16.5 Å². The number of nitrogens with zero attached hydrogens (tertiary/aromatic N) is 3. The molecule has 3 N–H and O–H groups in total. The highest BCUT2D eigenvalue weighted by Crippen LogP contribution is 2.40. The number of aliphatic hydroxyl groups excluding tert-OH is 1. The van der Waals surface area contributed by atoms with E-state index in [1.54, 1.807) is 12.3 Å². The number of rotatable bonds is 6. The Bertz CT molecular complexity index is 1220. The quantitative estimate of drug-likeness (QED) is 0.470. The van der Waals surface area contributed by atoms with Gasteiger partial charge in [0.25, 0.3) is 0 Å². The van der Waals surface area contributed by atoms with Gasteiger partial charge in [0.1, 0.15) is 11.9 Å². The molecular formula is C24H26F3N5O3S2. The number of amides is 1. The van der Waals surface area contributed by atoms with E-state index in [1.807, 2.05) is 7.05 Å². The Balaban J connectivity index is 1.25. The number of hydrogen-bond acceptors (Lipinski definition) is 9. The number of thioether (sulfide) groups is 1. The maximum Gasteiger partial charge on any atom is 0.418 e. The SMILES string of the molecule is CN1CCC(Oc2ccc(NC3=NC(O)/C(=C/c4cnc(NC(=O)C5CC5)s4)S3)c(C(F)(F)F)c2)CC1. The fraction of sp³-hybridized carbons (Fsp3) is 0.458. The Hall–Kier alpha value is -2.61. The second-order valence-corrected chi connectivity index (χ2v) is 11.4. The molecule has 2 aliphatic heterocycles. The van der Waals surface area contributed by atoms with Crippen molar-refractivity contribution in [3.63, 3.8) is 0 Å². The summed E-state index contributed by atoms with van der Waals surface area (Å²) in [7, 11) is 2.00. The molecule has 1 saturated carbocycles. The number of nitrogens with one attached hydrogen (secondary N) is 2. The van der Waals surface area contributed by atoms with Crippen LogP contribution < -0.4 is 15.4 Å². The first-order chi connectivity index (χ1) is 17.6. The molecule has 3 aliphatic rings. The fourth-order valence-corrected chi connectivity index (χ4v) is 5.71. The zero-order chi connectivity index (χ0) is 26.2. The lowest BCUT2D eigenvalue weighted by molar-refractivity contribution is -0.137. The summed E-state index contributed by atoms with van der Waals surface area (Å²) in [6.45, 7) is 1.67. The number of aliphatic imine (C=N–C) groups is 1. The highest BCUT2D eigenvalue weighted by molar-refractivity contribution is 8.17. The minimum Gasteiger partial charge on any atom is -0.490 e. The van der Waals surface area contributed by atoms with Crippen molar-refractivity contribution >= 4 is 51.1 Å². The van der Waals surface area contributed by atoms with Crippen molar-refractivity contribution in [3.8, 4) is 5.75 Å². The summed E-state index contributed by atoms with van der Waals surface area (Å²) in [6.07, 6.45) is 0.537. The lowest BCUT2D eigenvalue weighted by Gasteiger charge is -2.29. The third-order valence-corrected chi connectivity index (χ3v) is 8.03. The van der Waals surface area contributed by atoms with Crippen LogP contribution in [-0.2, 0) is 11.0 Å². The highest BCUT2D eigenvalue weighted by Gasteiger charge is 2.35. The van der Waals surface area contributed by atoms with Crippen LogP contribution in [0.5, 0.6) is 5.75 Å². The number of halogens is 3.